The van der Waals surface area contributed by atoms with E-state index in [1.165, 1.54) is 19.2 Å². The fourth-order valence-corrected chi connectivity index (χ4v) is 2.03. The van der Waals surface area contributed by atoms with E-state index in [1.54, 1.807) is 0 Å². The third-order valence-electron chi connectivity index (χ3n) is 2.93. The van der Waals surface area contributed by atoms with Crippen molar-refractivity contribution in [1.82, 2.24) is 0 Å². The maximum atomic E-state index is 11.3. The van der Waals surface area contributed by atoms with E-state index in [1.807, 2.05) is 0 Å². The van der Waals surface area contributed by atoms with Crippen molar-refractivity contribution < 1.29 is 19.6 Å². The van der Waals surface area contributed by atoms with Crippen LogP contribution in [0, 0.1) is 10.1 Å². The Hall–Kier alpha value is -2.19. The van der Waals surface area contributed by atoms with Crippen molar-refractivity contribution in [3.05, 3.63) is 27.8 Å². The second kappa shape index (κ2) is 5.85. The van der Waals surface area contributed by atoms with Crippen molar-refractivity contribution >= 4 is 23.0 Å². The van der Waals surface area contributed by atoms with E-state index in [0.717, 1.165) is 0 Å². The molecule has 1 amide bonds. The van der Waals surface area contributed by atoms with Gasteiger partial charge in [-0.3, -0.25) is 14.9 Å². The lowest BCUT2D eigenvalue weighted by Gasteiger charge is -2.13. The fourth-order valence-electron chi connectivity index (χ4n) is 2.03. The maximum absolute atomic E-state index is 11.3. The second-order valence-corrected chi connectivity index (χ2v) is 4.50. The number of benzene rings is 1. The number of amides is 1. The first kappa shape index (κ1) is 14.2. The highest BCUT2D eigenvalue weighted by atomic mass is 16.6. The summed E-state index contributed by atoms with van der Waals surface area (Å²) >= 11 is 0. The zero-order chi connectivity index (χ0) is 14.7. The van der Waals surface area contributed by atoms with Crippen molar-refractivity contribution in [1.29, 1.82) is 0 Å². The zero-order valence-electron chi connectivity index (χ0n) is 10.9. The van der Waals surface area contributed by atoms with Gasteiger partial charge in [-0.05, 0) is 11.6 Å². The van der Waals surface area contributed by atoms with Gasteiger partial charge in [-0.1, -0.05) is 0 Å². The molecule has 0 aliphatic carbocycles. The van der Waals surface area contributed by atoms with E-state index in [9.17, 15) is 20.0 Å². The first-order valence-electron chi connectivity index (χ1n) is 6.03. The van der Waals surface area contributed by atoms with E-state index in [0.29, 0.717) is 11.3 Å². The van der Waals surface area contributed by atoms with Crippen molar-refractivity contribution in [2.24, 2.45) is 0 Å². The Labute approximate surface area is 114 Å². The molecule has 0 radical (unpaired) electrons. The number of rotatable bonds is 6. The molecule has 8 nitrogen and oxygen atoms in total. The summed E-state index contributed by atoms with van der Waals surface area (Å²) in [6.45, 7) is 0.240. The lowest BCUT2D eigenvalue weighted by Crippen LogP contribution is -2.24. The monoisotopic (exact) mass is 281 g/mol. The highest BCUT2D eigenvalue weighted by Gasteiger charge is 2.24. The van der Waals surface area contributed by atoms with E-state index < -0.39 is 11.0 Å². The van der Waals surface area contributed by atoms with Crippen LogP contribution in [0.4, 0.5) is 17.1 Å². The number of ether oxygens (including phenoxy) is 1. The number of aliphatic hydroxyl groups excluding tert-OH is 1. The summed E-state index contributed by atoms with van der Waals surface area (Å²) in [5.74, 6) is -0.189. The van der Waals surface area contributed by atoms with Crippen LogP contribution in [-0.2, 0) is 16.0 Å². The Morgan fingerprint density at radius 1 is 1.60 bits per heavy atom. The van der Waals surface area contributed by atoms with Crippen molar-refractivity contribution in [2.45, 2.75) is 12.5 Å². The van der Waals surface area contributed by atoms with Gasteiger partial charge in [0.05, 0.1) is 24.1 Å². The number of carbonyl (C=O) groups is 1. The molecule has 108 valence electrons. The van der Waals surface area contributed by atoms with Gasteiger partial charge in [0.1, 0.15) is 5.69 Å². The van der Waals surface area contributed by atoms with Gasteiger partial charge in [0.2, 0.25) is 5.91 Å². The molecule has 1 aromatic rings. The minimum Gasteiger partial charge on any atom is -0.389 e. The molecule has 0 saturated heterocycles. The average Bonchev–Trinajstić information content (AvgIpc) is 2.74. The second-order valence-electron chi connectivity index (χ2n) is 4.50. The number of nitrogens with one attached hydrogen (secondary N) is 2. The number of methoxy groups -OCH3 is 1. The molecule has 0 spiro atoms. The smallest absolute Gasteiger partial charge is 0.292 e. The van der Waals surface area contributed by atoms with Crippen LogP contribution in [0.3, 0.4) is 0 Å². The number of nitrogens with zero attached hydrogens (tertiary/aromatic N) is 1. The van der Waals surface area contributed by atoms with Crippen LogP contribution in [0.15, 0.2) is 12.1 Å². The van der Waals surface area contributed by atoms with Crippen molar-refractivity contribution in [2.75, 3.05) is 30.9 Å². The Bertz CT molecular complexity index is 546. The Kier molecular flexibility index (Phi) is 4.16. The summed E-state index contributed by atoms with van der Waals surface area (Å²) in [6.07, 6.45) is -0.634. The van der Waals surface area contributed by atoms with Crippen LogP contribution in [-0.4, -0.2) is 42.3 Å². The third-order valence-corrected chi connectivity index (χ3v) is 2.93. The molecule has 3 N–H and O–H groups in total. The van der Waals surface area contributed by atoms with Gasteiger partial charge in [-0.15, -0.1) is 0 Å². The van der Waals surface area contributed by atoms with Crippen molar-refractivity contribution in [3.63, 3.8) is 0 Å². The number of aliphatic hydroxyl groups is 1. The van der Waals surface area contributed by atoms with E-state index >= 15 is 0 Å². The van der Waals surface area contributed by atoms with Gasteiger partial charge in [-0.2, -0.15) is 0 Å². The van der Waals surface area contributed by atoms with E-state index in [2.05, 4.69) is 10.6 Å². The number of hydrogen-bond acceptors (Lipinski definition) is 6. The molecule has 0 fully saturated rings. The SMILES string of the molecule is COCC(O)CNc1cc2c(cc1[N+](=O)[O-])CC(=O)N2. The third kappa shape index (κ3) is 3.03. The summed E-state index contributed by atoms with van der Waals surface area (Å²) in [7, 11) is 1.45. The lowest BCUT2D eigenvalue weighted by atomic mass is 10.1. The highest BCUT2D eigenvalue weighted by molar-refractivity contribution is 6.00. The van der Waals surface area contributed by atoms with Gasteiger partial charge in [-0.25, -0.2) is 0 Å². The summed E-state index contributed by atoms with van der Waals surface area (Å²) in [4.78, 5) is 21.8. The predicted molar refractivity (Wildman–Crippen MR) is 71.8 cm³/mol. The summed E-state index contributed by atoms with van der Waals surface area (Å²) in [5.41, 5.74) is 1.30. The van der Waals surface area contributed by atoms with E-state index in [4.69, 9.17) is 4.74 Å². The Morgan fingerprint density at radius 2 is 2.35 bits per heavy atom. The topological polar surface area (TPSA) is 114 Å². The number of nitro benzene ring substituents is 1. The van der Waals surface area contributed by atoms with Gasteiger partial charge in [0.15, 0.2) is 0 Å². The molecular formula is C12H15N3O5. The number of anilines is 2. The number of hydrogen-bond donors (Lipinski definition) is 3. The minimum atomic E-state index is -0.776. The first-order chi connectivity index (χ1) is 9.51. The largest absolute Gasteiger partial charge is 0.389 e. The summed E-state index contributed by atoms with van der Waals surface area (Å²) in [5, 5.41) is 26.0. The van der Waals surface area contributed by atoms with Crippen LogP contribution >= 0.6 is 0 Å². The first-order valence-corrected chi connectivity index (χ1v) is 6.03. The molecule has 1 aliphatic rings. The molecule has 1 aliphatic heterocycles. The molecule has 0 bridgehead atoms. The summed E-state index contributed by atoms with van der Waals surface area (Å²) < 4.78 is 4.78. The van der Waals surface area contributed by atoms with Crippen LogP contribution in [0.25, 0.3) is 0 Å². The number of carbonyl (C=O) groups excluding carboxylic acids is 1. The van der Waals surface area contributed by atoms with Crippen LogP contribution in [0.2, 0.25) is 0 Å². The minimum absolute atomic E-state index is 0.113. The standard InChI is InChI=1S/C12H15N3O5/c1-20-6-8(16)5-13-10-4-9-7(3-12(17)14-9)2-11(10)15(18)19/h2,4,8,13,16H,3,5-6H2,1H3,(H,14,17). The maximum Gasteiger partial charge on any atom is 0.292 e. The van der Waals surface area contributed by atoms with Crippen LogP contribution in [0.5, 0.6) is 0 Å². The Morgan fingerprint density at radius 3 is 3.00 bits per heavy atom. The van der Waals surface area contributed by atoms with E-state index in [-0.39, 0.29) is 36.9 Å². The van der Waals surface area contributed by atoms with Crippen LogP contribution in [0.1, 0.15) is 5.56 Å². The molecule has 8 heteroatoms. The fraction of sp³-hybridized carbons (Fsp3) is 0.417. The molecule has 0 saturated carbocycles. The van der Waals surface area contributed by atoms with Gasteiger partial charge < -0.3 is 20.5 Å². The molecule has 1 atom stereocenters. The van der Waals surface area contributed by atoms with Gasteiger partial charge >= 0.3 is 0 Å². The van der Waals surface area contributed by atoms with Gasteiger partial charge in [0.25, 0.3) is 5.69 Å². The molecule has 1 heterocycles. The molecular weight excluding hydrogens is 266 g/mol. The molecule has 0 aromatic heterocycles. The van der Waals surface area contributed by atoms with Crippen molar-refractivity contribution in [3.8, 4) is 0 Å². The molecule has 20 heavy (non-hydrogen) atoms. The normalized spacial score (nSPS) is 14.6. The van der Waals surface area contributed by atoms with Gasteiger partial charge in [0, 0.05) is 25.4 Å². The quantitative estimate of drug-likeness (QED) is 0.517. The summed E-state index contributed by atoms with van der Waals surface area (Å²) in [6, 6.07) is 2.89. The Balaban J connectivity index is 2.21. The van der Waals surface area contributed by atoms with Crippen LogP contribution < -0.4 is 10.6 Å². The average molecular weight is 281 g/mol. The number of nitro groups is 1. The molecule has 2 rings (SSSR count). The molecule has 1 unspecified atom stereocenters. The predicted octanol–water partition coefficient (Wildman–Crippen LogP) is 0.509. The highest BCUT2D eigenvalue weighted by Crippen LogP contribution is 2.34. The number of fused-ring (bicyclic) bond motifs is 1. The zero-order valence-corrected chi connectivity index (χ0v) is 10.9. The lowest BCUT2D eigenvalue weighted by molar-refractivity contribution is -0.384. The molecule has 1 aromatic carbocycles.